The summed E-state index contributed by atoms with van der Waals surface area (Å²) < 4.78 is 32.4. The van der Waals surface area contributed by atoms with E-state index in [4.69, 9.17) is 4.74 Å². The first-order chi connectivity index (χ1) is 14.3. The number of aryl methyl sites for hydroxylation is 1. The molecule has 156 valence electrons. The highest BCUT2D eigenvalue weighted by atomic mass is 79.9. The molecule has 0 aliphatic carbocycles. The molecule has 3 aromatic carbocycles. The van der Waals surface area contributed by atoms with Crippen LogP contribution in [0.15, 0.2) is 81.0 Å². The van der Waals surface area contributed by atoms with Crippen LogP contribution in [0.25, 0.3) is 0 Å². The second-order valence-corrected chi connectivity index (χ2v) is 9.40. The number of sulfone groups is 1. The Hall–Kier alpha value is -2.84. The molecule has 0 saturated carbocycles. The minimum Gasteiger partial charge on any atom is -0.493 e. The molecular formula is C22H21BrN2O4S. The number of rotatable bonds is 7. The minimum atomic E-state index is -3.78. The lowest BCUT2D eigenvalue weighted by molar-refractivity contribution is -0.114. The normalized spacial score (nSPS) is 11.0. The van der Waals surface area contributed by atoms with E-state index in [-0.39, 0.29) is 28.0 Å². The zero-order chi connectivity index (χ0) is 21.7. The average Bonchev–Trinajstić information content (AvgIpc) is 2.72. The topological polar surface area (TPSA) is 84.5 Å². The molecule has 3 rings (SSSR count). The van der Waals surface area contributed by atoms with Gasteiger partial charge in [-0.05, 0) is 49.4 Å². The van der Waals surface area contributed by atoms with E-state index in [1.807, 2.05) is 19.1 Å². The maximum atomic E-state index is 13.1. The second kappa shape index (κ2) is 9.32. The summed E-state index contributed by atoms with van der Waals surface area (Å²) in [6, 6.07) is 18.6. The molecule has 0 aliphatic rings. The van der Waals surface area contributed by atoms with Crippen molar-refractivity contribution in [2.45, 2.75) is 16.7 Å². The number of carbonyl (C=O) groups is 1. The zero-order valence-electron chi connectivity index (χ0n) is 16.5. The molecule has 0 saturated heterocycles. The van der Waals surface area contributed by atoms with Gasteiger partial charge in [-0.3, -0.25) is 4.79 Å². The Bertz CT molecular complexity index is 1160. The number of carbonyl (C=O) groups excluding carboxylic acids is 1. The summed E-state index contributed by atoms with van der Waals surface area (Å²) in [6.45, 7) is 1.83. The van der Waals surface area contributed by atoms with E-state index in [1.165, 1.54) is 13.2 Å². The van der Waals surface area contributed by atoms with Crippen LogP contribution in [0, 0.1) is 6.92 Å². The summed E-state index contributed by atoms with van der Waals surface area (Å²) >= 11 is 3.36. The van der Waals surface area contributed by atoms with Crippen molar-refractivity contribution < 1.29 is 17.9 Å². The van der Waals surface area contributed by atoms with Crippen molar-refractivity contribution >= 4 is 43.0 Å². The molecule has 0 spiro atoms. The van der Waals surface area contributed by atoms with Gasteiger partial charge in [0.05, 0.1) is 24.2 Å². The maximum absolute atomic E-state index is 13.1. The van der Waals surface area contributed by atoms with Gasteiger partial charge in [0.1, 0.15) is 4.90 Å². The van der Waals surface area contributed by atoms with Crippen LogP contribution in [0.4, 0.5) is 11.4 Å². The molecule has 2 N–H and O–H groups in total. The highest BCUT2D eigenvalue weighted by Crippen LogP contribution is 2.35. The van der Waals surface area contributed by atoms with Crippen LogP contribution >= 0.6 is 15.9 Å². The van der Waals surface area contributed by atoms with E-state index in [0.717, 1.165) is 10.0 Å². The number of hydrogen-bond donors (Lipinski definition) is 2. The highest BCUT2D eigenvalue weighted by Gasteiger charge is 2.24. The summed E-state index contributed by atoms with van der Waals surface area (Å²) in [5.41, 5.74) is 2.03. The minimum absolute atomic E-state index is 0.0336. The first-order valence-corrected chi connectivity index (χ1v) is 11.4. The van der Waals surface area contributed by atoms with Crippen molar-refractivity contribution in [3.8, 4) is 5.75 Å². The number of methoxy groups -OCH3 is 1. The second-order valence-electron chi connectivity index (χ2n) is 6.57. The number of anilines is 2. The van der Waals surface area contributed by atoms with E-state index in [9.17, 15) is 13.2 Å². The third-order valence-electron chi connectivity index (χ3n) is 4.35. The van der Waals surface area contributed by atoms with Crippen LogP contribution in [0.5, 0.6) is 5.75 Å². The lowest BCUT2D eigenvalue weighted by Crippen LogP contribution is -2.22. The Balaban J connectivity index is 1.81. The van der Waals surface area contributed by atoms with E-state index in [2.05, 4.69) is 26.6 Å². The third kappa shape index (κ3) is 5.01. The van der Waals surface area contributed by atoms with Crippen molar-refractivity contribution in [1.29, 1.82) is 0 Å². The third-order valence-corrected chi connectivity index (χ3v) is 6.64. The van der Waals surface area contributed by atoms with Crippen LogP contribution in [0.2, 0.25) is 0 Å². The van der Waals surface area contributed by atoms with Crippen LogP contribution in [0.1, 0.15) is 5.56 Å². The smallest absolute Gasteiger partial charge is 0.243 e. The van der Waals surface area contributed by atoms with Gasteiger partial charge < -0.3 is 15.4 Å². The number of halogens is 1. The van der Waals surface area contributed by atoms with Gasteiger partial charge in [0.2, 0.25) is 15.7 Å². The number of benzene rings is 3. The fourth-order valence-corrected chi connectivity index (χ4v) is 4.71. The molecular weight excluding hydrogens is 468 g/mol. The molecule has 0 atom stereocenters. The first-order valence-electron chi connectivity index (χ1n) is 9.09. The van der Waals surface area contributed by atoms with Gasteiger partial charge >= 0.3 is 0 Å². The monoisotopic (exact) mass is 488 g/mol. The molecule has 0 fully saturated rings. The zero-order valence-corrected chi connectivity index (χ0v) is 18.9. The number of nitrogens with one attached hydrogen (secondary N) is 2. The van der Waals surface area contributed by atoms with Crippen molar-refractivity contribution in [2.24, 2.45) is 0 Å². The van der Waals surface area contributed by atoms with Crippen molar-refractivity contribution in [3.05, 3.63) is 76.8 Å². The van der Waals surface area contributed by atoms with E-state index in [1.54, 1.807) is 48.5 Å². The summed E-state index contributed by atoms with van der Waals surface area (Å²) in [4.78, 5) is 12.5. The number of ether oxygens (including phenoxy) is 1. The van der Waals surface area contributed by atoms with Gasteiger partial charge in [-0.2, -0.15) is 0 Å². The molecule has 0 radical (unpaired) electrons. The van der Waals surface area contributed by atoms with Crippen LogP contribution in [0.3, 0.4) is 0 Å². The molecule has 1 amide bonds. The van der Waals surface area contributed by atoms with Gasteiger partial charge in [0.15, 0.2) is 5.75 Å². The molecule has 3 aromatic rings. The number of para-hydroxylation sites is 1. The SMILES string of the molecule is COc1c(NCC(=O)Nc2cccc(Br)c2)cccc1S(=O)(=O)c1ccc(C)cc1. The molecule has 6 nitrogen and oxygen atoms in total. The Morgan fingerprint density at radius 1 is 1.03 bits per heavy atom. The molecule has 8 heteroatoms. The fourth-order valence-electron chi connectivity index (χ4n) is 2.87. The number of amides is 1. The van der Waals surface area contributed by atoms with E-state index >= 15 is 0 Å². The first kappa shape index (κ1) is 21.9. The molecule has 0 aromatic heterocycles. The molecule has 0 bridgehead atoms. The largest absolute Gasteiger partial charge is 0.493 e. The van der Waals surface area contributed by atoms with Crippen molar-refractivity contribution in [2.75, 3.05) is 24.3 Å². The Morgan fingerprint density at radius 2 is 1.73 bits per heavy atom. The van der Waals surface area contributed by atoms with Crippen molar-refractivity contribution in [3.63, 3.8) is 0 Å². The van der Waals surface area contributed by atoms with E-state index in [0.29, 0.717) is 11.4 Å². The predicted molar refractivity (Wildman–Crippen MR) is 121 cm³/mol. The quantitative estimate of drug-likeness (QED) is 0.505. The summed E-state index contributed by atoms with van der Waals surface area (Å²) in [6.07, 6.45) is 0. The Labute approximate surface area is 184 Å². The van der Waals surface area contributed by atoms with Crippen molar-refractivity contribution in [1.82, 2.24) is 0 Å². The number of hydrogen-bond acceptors (Lipinski definition) is 5. The predicted octanol–water partition coefficient (Wildman–Crippen LogP) is 4.65. The standard InChI is InChI=1S/C22H21BrN2O4S/c1-15-9-11-18(12-10-15)30(27,28)20-8-4-7-19(22(20)29-2)24-14-21(26)25-17-6-3-5-16(23)13-17/h3-13,24H,14H2,1-2H3,(H,25,26). The van der Waals surface area contributed by atoms with Gasteiger partial charge in [-0.1, -0.05) is 45.8 Å². The van der Waals surface area contributed by atoms with Gasteiger partial charge in [-0.15, -0.1) is 0 Å². The van der Waals surface area contributed by atoms with E-state index < -0.39 is 9.84 Å². The molecule has 0 unspecified atom stereocenters. The maximum Gasteiger partial charge on any atom is 0.243 e. The van der Waals surface area contributed by atoms with Gasteiger partial charge in [-0.25, -0.2) is 8.42 Å². The Kier molecular flexibility index (Phi) is 6.79. The van der Waals surface area contributed by atoms with Crippen LogP contribution in [-0.2, 0) is 14.6 Å². The van der Waals surface area contributed by atoms with Crippen LogP contribution < -0.4 is 15.4 Å². The lowest BCUT2D eigenvalue weighted by atomic mass is 10.2. The molecule has 0 heterocycles. The molecule has 0 aliphatic heterocycles. The Morgan fingerprint density at radius 3 is 2.40 bits per heavy atom. The van der Waals surface area contributed by atoms with Crippen LogP contribution in [-0.4, -0.2) is 28.0 Å². The molecule has 30 heavy (non-hydrogen) atoms. The summed E-state index contributed by atoms with van der Waals surface area (Å²) in [5, 5.41) is 5.73. The highest BCUT2D eigenvalue weighted by molar-refractivity contribution is 9.10. The lowest BCUT2D eigenvalue weighted by Gasteiger charge is -2.15. The average molecular weight is 489 g/mol. The summed E-state index contributed by atoms with van der Waals surface area (Å²) in [7, 11) is -2.38. The van der Waals surface area contributed by atoms with Gasteiger partial charge in [0, 0.05) is 10.2 Å². The van der Waals surface area contributed by atoms with Gasteiger partial charge in [0.25, 0.3) is 0 Å². The summed E-state index contributed by atoms with van der Waals surface area (Å²) in [5.74, 6) is -0.115. The fraction of sp³-hybridized carbons (Fsp3) is 0.136.